The van der Waals surface area contributed by atoms with Gasteiger partial charge in [-0.25, -0.2) is 13.8 Å². The summed E-state index contributed by atoms with van der Waals surface area (Å²) in [7, 11) is -3.04. The number of thiophene rings is 1. The summed E-state index contributed by atoms with van der Waals surface area (Å²) in [5.41, 5.74) is 3.19. The highest BCUT2D eigenvalue weighted by atomic mass is 32.2. The van der Waals surface area contributed by atoms with Crippen molar-refractivity contribution in [2.45, 2.75) is 20.3 Å². The van der Waals surface area contributed by atoms with Crippen LogP contribution in [0.3, 0.4) is 0 Å². The van der Waals surface area contributed by atoms with E-state index in [0.29, 0.717) is 6.42 Å². The van der Waals surface area contributed by atoms with Crippen molar-refractivity contribution in [3.63, 3.8) is 0 Å². The lowest BCUT2D eigenvalue weighted by atomic mass is 10.1. The number of sulfone groups is 1. The molecule has 0 spiro atoms. The van der Waals surface area contributed by atoms with E-state index in [-0.39, 0.29) is 17.4 Å². The molecular formula is C12H16N2O3S2. The van der Waals surface area contributed by atoms with Crippen molar-refractivity contribution in [1.82, 2.24) is 5.43 Å². The smallest absolute Gasteiger partial charge is 0.244 e. The molecule has 5 nitrogen and oxygen atoms in total. The van der Waals surface area contributed by atoms with Crippen molar-refractivity contribution in [3.05, 3.63) is 21.9 Å². The normalized spacial score (nSPS) is 22.4. The molecule has 0 aliphatic carbocycles. The number of rotatable bonds is 3. The first-order valence-corrected chi connectivity index (χ1v) is 8.62. The summed E-state index contributed by atoms with van der Waals surface area (Å²) in [6, 6.07) is 3.94. The van der Waals surface area contributed by atoms with Crippen molar-refractivity contribution in [1.29, 1.82) is 0 Å². The van der Waals surface area contributed by atoms with Crippen LogP contribution in [0.15, 0.2) is 17.2 Å². The summed E-state index contributed by atoms with van der Waals surface area (Å²) < 4.78 is 22.6. The number of hydrogen-bond acceptors (Lipinski definition) is 5. The van der Waals surface area contributed by atoms with E-state index >= 15 is 0 Å². The van der Waals surface area contributed by atoms with Gasteiger partial charge in [0, 0.05) is 4.88 Å². The maximum absolute atomic E-state index is 11.8. The molecule has 0 radical (unpaired) electrons. The number of carbonyl (C=O) groups is 1. The van der Waals surface area contributed by atoms with E-state index in [2.05, 4.69) is 10.5 Å². The Morgan fingerprint density at radius 3 is 2.74 bits per heavy atom. The van der Waals surface area contributed by atoms with Crippen molar-refractivity contribution in [2.24, 2.45) is 11.0 Å². The number of nitrogens with zero attached hydrogens (tertiary/aromatic N) is 1. The van der Waals surface area contributed by atoms with Crippen LogP contribution in [0.25, 0.3) is 0 Å². The van der Waals surface area contributed by atoms with E-state index in [9.17, 15) is 13.2 Å². The Morgan fingerprint density at radius 1 is 1.47 bits per heavy atom. The molecular weight excluding hydrogens is 284 g/mol. The first-order valence-electron chi connectivity index (χ1n) is 5.99. The molecule has 1 aromatic rings. The number of hydrazone groups is 1. The Hall–Kier alpha value is -1.21. The Labute approximate surface area is 116 Å². The van der Waals surface area contributed by atoms with Crippen LogP contribution in [0.1, 0.15) is 23.1 Å². The minimum Gasteiger partial charge on any atom is -0.273 e. The van der Waals surface area contributed by atoms with Crippen molar-refractivity contribution in [2.75, 3.05) is 11.5 Å². The molecule has 0 saturated carbocycles. The van der Waals surface area contributed by atoms with Crippen LogP contribution >= 0.6 is 11.3 Å². The standard InChI is InChI=1S/C12H16N2O3S2/c1-8-3-4-11(18-8)9(2)13-14-12(15)10-5-6-19(16,17)7-10/h3-4,10H,5-7H2,1-2H3,(H,14,15)/b13-9-/t10-/m1/s1. The van der Waals surface area contributed by atoms with Gasteiger partial charge < -0.3 is 0 Å². The van der Waals surface area contributed by atoms with Gasteiger partial charge in [0.25, 0.3) is 0 Å². The van der Waals surface area contributed by atoms with Gasteiger partial charge in [-0.3, -0.25) is 4.79 Å². The molecule has 1 fully saturated rings. The van der Waals surface area contributed by atoms with Gasteiger partial charge in [-0.05, 0) is 32.4 Å². The lowest BCUT2D eigenvalue weighted by Gasteiger charge is -2.05. The quantitative estimate of drug-likeness (QED) is 0.676. The fraction of sp³-hybridized carbons (Fsp3) is 0.500. The zero-order valence-corrected chi connectivity index (χ0v) is 12.5. The predicted molar refractivity (Wildman–Crippen MR) is 76.2 cm³/mol. The molecule has 19 heavy (non-hydrogen) atoms. The van der Waals surface area contributed by atoms with Gasteiger partial charge in [-0.2, -0.15) is 5.10 Å². The topological polar surface area (TPSA) is 75.6 Å². The first-order chi connectivity index (χ1) is 8.87. The molecule has 2 rings (SSSR count). The van der Waals surface area contributed by atoms with Crippen LogP contribution in [0.5, 0.6) is 0 Å². The fourth-order valence-electron chi connectivity index (χ4n) is 1.92. The molecule has 7 heteroatoms. The van der Waals surface area contributed by atoms with Crippen molar-refractivity contribution in [3.8, 4) is 0 Å². The maximum Gasteiger partial charge on any atom is 0.244 e. The van der Waals surface area contributed by atoms with Crippen LogP contribution in [0.2, 0.25) is 0 Å². The summed E-state index contributed by atoms with van der Waals surface area (Å²) >= 11 is 1.60. The zero-order chi connectivity index (χ0) is 14.0. The van der Waals surface area contributed by atoms with Crippen molar-refractivity contribution < 1.29 is 13.2 Å². The molecule has 104 valence electrons. The summed E-state index contributed by atoms with van der Waals surface area (Å²) in [5.74, 6) is -0.746. The molecule has 0 unspecified atom stereocenters. The van der Waals surface area contributed by atoms with Crippen LogP contribution in [0, 0.1) is 12.8 Å². The second-order valence-corrected chi connectivity index (χ2v) is 8.20. The molecule has 1 atom stereocenters. The second-order valence-electron chi connectivity index (χ2n) is 4.68. The summed E-state index contributed by atoms with van der Waals surface area (Å²) in [4.78, 5) is 14.0. The minimum absolute atomic E-state index is 0.0640. The Morgan fingerprint density at radius 2 is 2.21 bits per heavy atom. The first kappa shape index (κ1) is 14.2. The summed E-state index contributed by atoms with van der Waals surface area (Å²) in [6.45, 7) is 3.82. The molecule has 1 N–H and O–H groups in total. The van der Waals surface area contributed by atoms with E-state index in [1.54, 1.807) is 11.3 Å². The fourth-order valence-corrected chi connectivity index (χ4v) is 4.47. The largest absolute Gasteiger partial charge is 0.273 e. The third kappa shape index (κ3) is 3.63. The van der Waals surface area contributed by atoms with Gasteiger partial charge in [-0.1, -0.05) is 0 Å². The molecule has 0 bridgehead atoms. The second kappa shape index (κ2) is 5.42. The van der Waals surface area contributed by atoms with E-state index in [4.69, 9.17) is 0 Å². The molecule has 0 aromatic carbocycles. The molecule has 1 aromatic heterocycles. The lowest BCUT2D eigenvalue weighted by Crippen LogP contribution is -2.28. The van der Waals surface area contributed by atoms with Gasteiger partial charge in [0.2, 0.25) is 5.91 Å². The van der Waals surface area contributed by atoms with E-state index in [0.717, 1.165) is 10.6 Å². The third-order valence-electron chi connectivity index (χ3n) is 3.03. The minimum atomic E-state index is -3.04. The number of carbonyl (C=O) groups excluding carboxylic acids is 1. The Bertz CT molecular complexity index is 617. The van der Waals surface area contributed by atoms with E-state index in [1.807, 2.05) is 26.0 Å². The van der Waals surface area contributed by atoms with Crippen LogP contribution in [-0.4, -0.2) is 31.5 Å². The number of aryl methyl sites for hydroxylation is 1. The molecule has 1 aliphatic rings. The average molecular weight is 300 g/mol. The molecule has 1 aliphatic heterocycles. The van der Waals surface area contributed by atoms with Gasteiger partial charge in [-0.15, -0.1) is 11.3 Å². The highest BCUT2D eigenvalue weighted by Gasteiger charge is 2.32. The number of amides is 1. The number of hydrogen-bond donors (Lipinski definition) is 1. The Kier molecular flexibility index (Phi) is 4.05. The van der Waals surface area contributed by atoms with Gasteiger partial charge >= 0.3 is 0 Å². The highest BCUT2D eigenvalue weighted by Crippen LogP contribution is 2.19. The number of nitrogens with one attached hydrogen (secondary N) is 1. The van der Waals surface area contributed by atoms with Crippen molar-refractivity contribution >= 4 is 32.8 Å². The van der Waals surface area contributed by atoms with Gasteiger partial charge in [0.1, 0.15) is 0 Å². The summed E-state index contributed by atoms with van der Waals surface area (Å²) in [5, 5.41) is 4.03. The molecule has 2 heterocycles. The van der Waals surface area contributed by atoms with Gasteiger partial charge in [0.15, 0.2) is 9.84 Å². The summed E-state index contributed by atoms with van der Waals surface area (Å²) in [6.07, 6.45) is 0.390. The van der Waals surface area contributed by atoms with Crippen LogP contribution in [-0.2, 0) is 14.6 Å². The zero-order valence-electron chi connectivity index (χ0n) is 10.8. The third-order valence-corrected chi connectivity index (χ3v) is 5.91. The SMILES string of the molecule is C/C(=N/NC(=O)[C@@H]1CCS(=O)(=O)C1)c1ccc(C)s1. The predicted octanol–water partition coefficient (Wildman–Crippen LogP) is 1.33. The van der Waals surface area contributed by atoms with Crippen LogP contribution < -0.4 is 5.43 Å². The molecule has 1 saturated heterocycles. The highest BCUT2D eigenvalue weighted by molar-refractivity contribution is 7.91. The lowest BCUT2D eigenvalue weighted by molar-refractivity contribution is -0.124. The van der Waals surface area contributed by atoms with Crippen LogP contribution in [0.4, 0.5) is 0 Å². The van der Waals surface area contributed by atoms with E-state index in [1.165, 1.54) is 4.88 Å². The van der Waals surface area contributed by atoms with E-state index < -0.39 is 15.8 Å². The average Bonchev–Trinajstić information content (AvgIpc) is 2.91. The maximum atomic E-state index is 11.8. The van der Waals surface area contributed by atoms with Gasteiger partial charge in [0.05, 0.1) is 28.0 Å². The Balaban J connectivity index is 1.97. The monoisotopic (exact) mass is 300 g/mol. The molecule has 1 amide bonds.